The number of nitrogens with zero attached hydrogens (tertiary/aromatic N) is 2. The molecule has 0 spiro atoms. The molecule has 0 aliphatic rings. The standard InChI is InChI=1S/C16H21N3O3S/c1-10(2)14-16(18-7-6-17-14)19-23(20,21)13-8-11(3)15(22-5)12(4)9-13/h6-10H,1-5H3,(H,18,19). The average molecular weight is 335 g/mol. The van der Waals surface area contributed by atoms with Crippen LogP contribution in [0.3, 0.4) is 0 Å². The third-order valence-electron chi connectivity index (χ3n) is 3.45. The van der Waals surface area contributed by atoms with E-state index >= 15 is 0 Å². The number of nitrogens with one attached hydrogen (secondary N) is 1. The largest absolute Gasteiger partial charge is 0.496 e. The lowest BCUT2D eigenvalue weighted by atomic mass is 10.1. The van der Waals surface area contributed by atoms with Crippen LogP contribution in [0.5, 0.6) is 5.75 Å². The van der Waals surface area contributed by atoms with Crippen LogP contribution in [0.2, 0.25) is 0 Å². The molecular weight excluding hydrogens is 314 g/mol. The lowest BCUT2D eigenvalue weighted by molar-refractivity contribution is 0.408. The van der Waals surface area contributed by atoms with E-state index in [2.05, 4.69) is 14.7 Å². The normalized spacial score (nSPS) is 11.6. The van der Waals surface area contributed by atoms with Gasteiger partial charge in [-0.25, -0.2) is 13.4 Å². The molecule has 1 heterocycles. The molecule has 0 saturated carbocycles. The molecule has 0 fully saturated rings. The maximum Gasteiger partial charge on any atom is 0.263 e. The highest BCUT2D eigenvalue weighted by atomic mass is 32.2. The van der Waals surface area contributed by atoms with Crippen LogP contribution in [0.25, 0.3) is 0 Å². The van der Waals surface area contributed by atoms with Crippen molar-refractivity contribution in [3.63, 3.8) is 0 Å². The second-order valence-electron chi connectivity index (χ2n) is 5.64. The summed E-state index contributed by atoms with van der Waals surface area (Å²) in [4.78, 5) is 8.50. The van der Waals surface area contributed by atoms with Gasteiger partial charge < -0.3 is 4.74 Å². The molecule has 0 amide bonds. The average Bonchev–Trinajstić information content (AvgIpc) is 2.46. The van der Waals surface area contributed by atoms with Crippen LogP contribution in [0.1, 0.15) is 36.6 Å². The molecule has 1 N–H and O–H groups in total. The molecule has 2 aromatic rings. The number of hydrogen-bond donors (Lipinski definition) is 1. The van der Waals surface area contributed by atoms with E-state index in [4.69, 9.17) is 4.74 Å². The number of aromatic nitrogens is 2. The summed E-state index contributed by atoms with van der Waals surface area (Å²) in [5.74, 6) is 1.00. The molecule has 0 aliphatic heterocycles. The first-order valence-electron chi connectivity index (χ1n) is 7.25. The first-order valence-corrected chi connectivity index (χ1v) is 8.73. The Morgan fingerprint density at radius 1 is 1.09 bits per heavy atom. The molecule has 1 aromatic carbocycles. The Labute approximate surface area is 137 Å². The third kappa shape index (κ3) is 3.61. The molecule has 0 atom stereocenters. The van der Waals surface area contributed by atoms with Crippen molar-refractivity contribution in [2.24, 2.45) is 0 Å². The number of anilines is 1. The molecule has 0 radical (unpaired) electrons. The Kier molecular flexibility index (Phi) is 4.89. The van der Waals surface area contributed by atoms with Crippen LogP contribution in [0, 0.1) is 13.8 Å². The second kappa shape index (κ2) is 6.54. The zero-order valence-electron chi connectivity index (χ0n) is 13.9. The Bertz CT molecular complexity index is 794. The van der Waals surface area contributed by atoms with Crippen LogP contribution in [-0.2, 0) is 10.0 Å². The Hall–Kier alpha value is -2.15. The van der Waals surface area contributed by atoms with E-state index in [-0.39, 0.29) is 16.6 Å². The molecule has 7 heteroatoms. The lowest BCUT2D eigenvalue weighted by Crippen LogP contribution is -2.17. The fraction of sp³-hybridized carbons (Fsp3) is 0.375. The van der Waals surface area contributed by atoms with Gasteiger partial charge in [0.15, 0.2) is 5.82 Å². The van der Waals surface area contributed by atoms with Gasteiger partial charge in [-0.15, -0.1) is 0 Å². The number of hydrogen-bond acceptors (Lipinski definition) is 5. The van der Waals surface area contributed by atoms with Crippen molar-refractivity contribution in [2.75, 3.05) is 11.8 Å². The summed E-state index contributed by atoms with van der Waals surface area (Å²) in [6.07, 6.45) is 3.02. The minimum atomic E-state index is -3.75. The van der Waals surface area contributed by atoms with Crippen molar-refractivity contribution < 1.29 is 13.2 Å². The molecule has 124 valence electrons. The number of ether oxygens (including phenoxy) is 1. The first kappa shape index (κ1) is 17.2. The highest BCUT2D eigenvalue weighted by molar-refractivity contribution is 7.92. The minimum absolute atomic E-state index is 0.0562. The summed E-state index contributed by atoms with van der Waals surface area (Å²) in [7, 11) is -2.18. The summed E-state index contributed by atoms with van der Waals surface area (Å²) in [5, 5.41) is 0. The first-order chi connectivity index (χ1) is 10.8. The van der Waals surface area contributed by atoms with Crippen LogP contribution in [0.15, 0.2) is 29.4 Å². The molecule has 0 bridgehead atoms. The number of rotatable bonds is 5. The van der Waals surface area contributed by atoms with E-state index in [1.807, 2.05) is 27.7 Å². The van der Waals surface area contributed by atoms with E-state index in [9.17, 15) is 8.42 Å². The molecular formula is C16H21N3O3S. The van der Waals surface area contributed by atoms with Crippen LogP contribution in [0.4, 0.5) is 5.82 Å². The molecule has 0 aliphatic carbocycles. The van der Waals surface area contributed by atoms with Gasteiger partial charge in [-0.05, 0) is 43.0 Å². The fourth-order valence-corrected chi connectivity index (χ4v) is 3.62. The smallest absolute Gasteiger partial charge is 0.263 e. The number of sulfonamides is 1. The zero-order chi connectivity index (χ0) is 17.2. The van der Waals surface area contributed by atoms with E-state index in [0.717, 1.165) is 11.1 Å². The van der Waals surface area contributed by atoms with Gasteiger partial charge in [0.05, 0.1) is 17.7 Å². The molecule has 0 saturated heterocycles. The van der Waals surface area contributed by atoms with Gasteiger partial charge in [0, 0.05) is 12.4 Å². The Morgan fingerprint density at radius 3 is 2.17 bits per heavy atom. The highest BCUT2D eigenvalue weighted by Crippen LogP contribution is 2.28. The molecule has 0 unspecified atom stereocenters. The predicted molar refractivity (Wildman–Crippen MR) is 89.4 cm³/mol. The van der Waals surface area contributed by atoms with E-state index in [1.54, 1.807) is 25.4 Å². The van der Waals surface area contributed by atoms with E-state index < -0.39 is 10.0 Å². The molecule has 23 heavy (non-hydrogen) atoms. The molecule has 6 nitrogen and oxygen atoms in total. The van der Waals surface area contributed by atoms with Gasteiger partial charge in [-0.1, -0.05) is 13.8 Å². The van der Waals surface area contributed by atoms with Crippen molar-refractivity contribution >= 4 is 15.8 Å². The highest BCUT2D eigenvalue weighted by Gasteiger charge is 2.20. The predicted octanol–water partition coefficient (Wildman–Crippen LogP) is 3.03. The minimum Gasteiger partial charge on any atom is -0.496 e. The number of methoxy groups -OCH3 is 1. The van der Waals surface area contributed by atoms with Crippen molar-refractivity contribution in [3.05, 3.63) is 41.3 Å². The third-order valence-corrected chi connectivity index (χ3v) is 4.77. The SMILES string of the molecule is COc1c(C)cc(S(=O)(=O)Nc2nccnc2C(C)C)cc1C. The summed E-state index contributed by atoms with van der Waals surface area (Å²) in [6.45, 7) is 7.49. The fourth-order valence-electron chi connectivity index (χ4n) is 2.42. The van der Waals surface area contributed by atoms with Gasteiger partial charge in [-0.2, -0.15) is 0 Å². The summed E-state index contributed by atoms with van der Waals surface area (Å²) < 4.78 is 33.1. The maximum absolute atomic E-state index is 12.7. The summed E-state index contributed by atoms with van der Waals surface area (Å²) in [5.41, 5.74) is 2.13. The van der Waals surface area contributed by atoms with Crippen molar-refractivity contribution in [1.29, 1.82) is 0 Å². The maximum atomic E-state index is 12.7. The molecule has 1 aromatic heterocycles. The van der Waals surface area contributed by atoms with E-state index in [0.29, 0.717) is 11.4 Å². The summed E-state index contributed by atoms with van der Waals surface area (Å²) in [6, 6.07) is 3.17. The Balaban J connectivity index is 2.45. The van der Waals surface area contributed by atoms with E-state index in [1.165, 1.54) is 6.20 Å². The lowest BCUT2D eigenvalue weighted by Gasteiger charge is -2.15. The summed E-state index contributed by atoms with van der Waals surface area (Å²) >= 11 is 0. The van der Waals surface area contributed by atoms with Gasteiger partial charge in [-0.3, -0.25) is 9.71 Å². The molecule has 2 rings (SSSR count). The van der Waals surface area contributed by atoms with Crippen LogP contribution in [-0.4, -0.2) is 25.5 Å². The van der Waals surface area contributed by atoms with Crippen LogP contribution < -0.4 is 9.46 Å². The topological polar surface area (TPSA) is 81.2 Å². The number of benzene rings is 1. The monoisotopic (exact) mass is 335 g/mol. The van der Waals surface area contributed by atoms with Gasteiger partial charge >= 0.3 is 0 Å². The number of aryl methyl sites for hydroxylation is 2. The van der Waals surface area contributed by atoms with Gasteiger partial charge in [0.2, 0.25) is 0 Å². The zero-order valence-corrected chi connectivity index (χ0v) is 14.7. The van der Waals surface area contributed by atoms with Crippen molar-refractivity contribution in [2.45, 2.75) is 38.5 Å². The van der Waals surface area contributed by atoms with Crippen LogP contribution >= 0.6 is 0 Å². The van der Waals surface area contributed by atoms with Crippen molar-refractivity contribution in [3.8, 4) is 5.75 Å². The van der Waals surface area contributed by atoms with Gasteiger partial charge in [0.1, 0.15) is 5.75 Å². The second-order valence-corrected chi connectivity index (χ2v) is 7.32. The quantitative estimate of drug-likeness (QED) is 0.908. The van der Waals surface area contributed by atoms with Crippen molar-refractivity contribution in [1.82, 2.24) is 9.97 Å². The van der Waals surface area contributed by atoms with Gasteiger partial charge in [0.25, 0.3) is 10.0 Å². The Morgan fingerprint density at radius 2 is 1.65 bits per heavy atom.